The van der Waals surface area contributed by atoms with Crippen molar-refractivity contribution >= 4 is 55.1 Å². The number of nitrogens with two attached hydrogens (primary N) is 1. The molecular weight excluding hydrogens is 617 g/mol. The zero-order valence-electron chi connectivity index (χ0n) is 25.3. The molecule has 12 nitrogen and oxygen atoms in total. The number of amides is 2. The molecule has 0 aliphatic heterocycles. The number of fused-ring (bicyclic) bond motifs is 1. The van der Waals surface area contributed by atoms with Gasteiger partial charge in [-0.2, -0.15) is 0 Å². The molecule has 14 heteroatoms. The largest absolute Gasteiger partial charge is 0.444 e. The fourth-order valence-corrected chi connectivity index (χ4v) is 6.61. The highest BCUT2D eigenvalue weighted by Crippen LogP contribution is 2.30. The predicted molar refractivity (Wildman–Crippen MR) is 174 cm³/mol. The lowest BCUT2D eigenvalue weighted by atomic mass is 10.0. The third kappa shape index (κ3) is 9.23. The second-order valence-corrected chi connectivity index (χ2v) is 14.2. The Morgan fingerprint density at radius 2 is 1.80 bits per heavy atom. The van der Waals surface area contributed by atoms with Crippen molar-refractivity contribution in [2.45, 2.75) is 50.7 Å². The van der Waals surface area contributed by atoms with Crippen LogP contribution in [0.5, 0.6) is 0 Å². The summed E-state index contributed by atoms with van der Waals surface area (Å²) in [5, 5.41) is 18.0. The van der Waals surface area contributed by atoms with Crippen LogP contribution in [0.3, 0.4) is 0 Å². The molecule has 1 heterocycles. The highest BCUT2D eigenvalue weighted by atomic mass is 32.2. The van der Waals surface area contributed by atoms with Crippen molar-refractivity contribution in [2.75, 3.05) is 11.9 Å². The minimum Gasteiger partial charge on any atom is -0.444 e. The van der Waals surface area contributed by atoms with Gasteiger partial charge in [0.05, 0.1) is 27.1 Å². The first-order chi connectivity index (χ1) is 21.2. The molecule has 0 aliphatic carbocycles. The number of para-hydroxylation sites is 1. The summed E-state index contributed by atoms with van der Waals surface area (Å²) in [4.78, 5) is 29.4. The Morgan fingerprint density at radius 3 is 2.51 bits per heavy atom. The molecule has 1 unspecified atom stereocenters. The normalized spacial score (nSPS) is 13.6. The number of ether oxygens (including phenoxy) is 1. The summed E-state index contributed by atoms with van der Waals surface area (Å²) in [7, 11) is -4.11. The van der Waals surface area contributed by atoms with Crippen LogP contribution in [-0.2, 0) is 26.0 Å². The first-order valence-electron chi connectivity index (χ1n) is 14.1. The van der Waals surface area contributed by atoms with Crippen LogP contribution in [0, 0.1) is 5.92 Å². The van der Waals surface area contributed by atoms with Crippen LogP contribution in [0.1, 0.15) is 49.9 Å². The van der Waals surface area contributed by atoms with Gasteiger partial charge >= 0.3 is 6.09 Å². The summed E-state index contributed by atoms with van der Waals surface area (Å²) in [5.41, 5.74) is 7.34. The Morgan fingerprint density at radius 1 is 1.07 bits per heavy atom. The molecule has 1 aromatic heterocycles. The Labute approximate surface area is 265 Å². The third-order valence-electron chi connectivity index (χ3n) is 6.49. The van der Waals surface area contributed by atoms with Gasteiger partial charge in [0, 0.05) is 17.8 Å². The summed E-state index contributed by atoms with van der Waals surface area (Å²) in [6.45, 7) is 6.87. The zero-order valence-corrected chi connectivity index (χ0v) is 26.9. The average Bonchev–Trinajstić information content (AvgIpc) is 3.43. The van der Waals surface area contributed by atoms with E-state index in [9.17, 15) is 18.0 Å². The van der Waals surface area contributed by atoms with Crippen LogP contribution in [0.4, 0.5) is 10.5 Å². The molecule has 0 spiro atoms. The number of nitrogens with zero attached hydrogens (tertiary/aromatic N) is 2. The number of hydrogen-bond acceptors (Lipinski definition) is 9. The number of anilines is 1. The number of benzene rings is 3. The van der Waals surface area contributed by atoms with E-state index in [-0.39, 0.29) is 29.4 Å². The topological polar surface area (TPSA) is 185 Å². The summed E-state index contributed by atoms with van der Waals surface area (Å²) in [5.74, 6) is -1.10. The lowest BCUT2D eigenvalue weighted by Crippen LogP contribution is -2.37. The van der Waals surface area contributed by atoms with Crippen molar-refractivity contribution in [1.29, 1.82) is 0 Å². The minimum absolute atomic E-state index is 0.0289. The number of aromatic nitrogens is 1. The molecule has 45 heavy (non-hydrogen) atoms. The van der Waals surface area contributed by atoms with Crippen molar-refractivity contribution in [1.82, 2.24) is 15.0 Å². The van der Waals surface area contributed by atoms with E-state index in [0.717, 1.165) is 15.8 Å². The van der Waals surface area contributed by atoms with E-state index in [2.05, 4.69) is 20.5 Å². The highest BCUT2D eigenvalue weighted by Gasteiger charge is 2.26. The molecule has 0 aliphatic rings. The second-order valence-electron chi connectivity index (χ2n) is 11.4. The lowest BCUT2D eigenvalue weighted by molar-refractivity contribution is -0.119. The molecule has 4 rings (SSSR count). The predicted octanol–water partition coefficient (Wildman–Crippen LogP) is 4.75. The van der Waals surface area contributed by atoms with E-state index in [1.54, 1.807) is 52.0 Å². The number of rotatable bonds is 11. The van der Waals surface area contributed by atoms with Crippen LogP contribution in [-0.4, -0.2) is 48.6 Å². The summed E-state index contributed by atoms with van der Waals surface area (Å²) in [6, 6.07) is 19.6. The van der Waals surface area contributed by atoms with E-state index in [0.29, 0.717) is 10.6 Å². The van der Waals surface area contributed by atoms with Gasteiger partial charge in [-0.1, -0.05) is 48.5 Å². The van der Waals surface area contributed by atoms with Gasteiger partial charge in [-0.3, -0.25) is 4.79 Å². The second kappa shape index (κ2) is 14.1. The van der Waals surface area contributed by atoms with Gasteiger partial charge in [-0.15, -0.1) is 11.3 Å². The maximum atomic E-state index is 13.7. The van der Waals surface area contributed by atoms with Crippen LogP contribution in [0.2, 0.25) is 0 Å². The molecule has 2 amide bonds. The van der Waals surface area contributed by atoms with E-state index in [1.807, 2.05) is 30.3 Å². The first kappa shape index (κ1) is 33.4. The molecule has 4 aromatic rings. The maximum Gasteiger partial charge on any atom is 0.407 e. The van der Waals surface area contributed by atoms with E-state index in [4.69, 9.17) is 20.7 Å². The quantitative estimate of drug-likeness (QED) is 0.0665. The molecule has 0 saturated carbocycles. The summed E-state index contributed by atoms with van der Waals surface area (Å²) in [6.07, 6.45) is -0.412. The van der Waals surface area contributed by atoms with Crippen molar-refractivity contribution < 1.29 is 28.0 Å². The first-order valence-corrected chi connectivity index (χ1v) is 16.4. The van der Waals surface area contributed by atoms with Gasteiger partial charge in [0.25, 0.3) is 0 Å². The molecule has 0 radical (unpaired) electrons. The smallest absolute Gasteiger partial charge is 0.407 e. The van der Waals surface area contributed by atoms with Crippen LogP contribution >= 0.6 is 11.3 Å². The molecular formula is C31H36N6O6S2. The van der Waals surface area contributed by atoms with Crippen molar-refractivity contribution in [2.24, 2.45) is 16.8 Å². The van der Waals surface area contributed by atoms with Gasteiger partial charge in [0.1, 0.15) is 10.6 Å². The van der Waals surface area contributed by atoms with Gasteiger partial charge in [0.15, 0.2) is 5.84 Å². The van der Waals surface area contributed by atoms with E-state index in [1.165, 1.54) is 29.5 Å². The number of oxime groups is 1. The summed E-state index contributed by atoms with van der Waals surface area (Å²) < 4.78 is 36.3. The Kier molecular flexibility index (Phi) is 10.4. The van der Waals surface area contributed by atoms with E-state index >= 15 is 0 Å². The monoisotopic (exact) mass is 652 g/mol. The molecule has 0 saturated heterocycles. The number of hydrogen-bond donors (Lipinski definition) is 5. The number of thiazole rings is 1. The summed E-state index contributed by atoms with van der Waals surface area (Å²) >= 11 is 1.38. The fourth-order valence-electron chi connectivity index (χ4n) is 4.27. The minimum atomic E-state index is -4.11. The molecule has 0 fully saturated rings. The molecule has 2 atom stereocenters. The number of alkyl carbamates (subject to hydrolysis) is 1. The zero-order chi connectivity index (χ0) is 32.8. The molecule has 6 N–H and O–H groups in total. The standard InChI is InChI=1S/C31H36N6O6S2/c1-19(18-33-30(39)43-31(2,3)4)28(38)34-22-11-8-12-23(17-22)45(41,42)37-25(29-35-24-13-5-6-14-26(24)44-29)16-20-9-7-10-21(15-20)27(32)36-40/h5-15,17,19,25,37,40H,16,18H2,1-4H3,(H2,32,36)(H,33,39)(H,34,38)/t19-,25?/m1/s1. The number of sulfonamides is 1. The Bertz CT molecular complexity index is 1780. The maximum absolute atomic E-state index is 13.7. The number of amidine groups is 1. The SMILES string of the molecule is C[C@H](CNC(=O)OC(C)(C)C)C(=O)Nc1cccc(S(=O)(=O)NC(Cc2cccc(/C(N)=N\O)c2)c2nc3ccccc3s2)c1. The number of carbonyl (C=O) groups excluding carboxylic acids is 2. The Balaban J connectivity index is 1.54. The molecule has 3 aromatic carbocycles. The van der Waals surface area contributed by atoms with Gasteiger partial charge in [-0.25, -0.2) is 22.9 Å². The van der Waals surface area contributed by atoms with Crippen LogP contribution in [0.25, 0.3) is 10.2 Å². The van der Waals surface area contributed by atoms with Gasteiger partial charge in [-0.05, 0) is 69.2 Å². The van der Waals surface area contributed by atoms with Crippen LogP contribution < -0.4 is 21.1 Å². The lowest BCUT2D eigenvalue weighted by Gasteiger charge is -2.20. The number of nitrogens with one attached hydrogen (secondary N) is 3. The third-order valence-corrected chi connectivity index (χ3v) is 9.11. The number of carbonyl (C=O) groups is 2. The molecule has 238 valence electrons. The Hall–Kier alpha value is -4.53. The van der Waals surface area contributed by atoms with E-state index < -0.39 is 39.6 Å². The highest BCUT2D eigenvalue weighted by molar-refractivity contribution is 7.89. The van der Waals surface area contributed by atoms with Gasteiger partial charge < -0.3 is 26.3 Å². The molecule has 0 bridgehead atoms. The van der Waals surface area contributed by atoms with Crippen molar-refractivity contribution in [3.05, 3.63) is 88.9 Å². The average molecular weight is 653 g/mol. The van der Waals surface area contributed by atoms with Crippen LogP contribution in [0.15, 0.2) is 82.8 Å². The van der Waals surface area contributed by atoms with Gasteiger partial charge in [0.2, 0.25) is 15.9 Å². The van der Waals surface area contributed by atoms with Crippen molar-refractivity contribution in [3.8, 4) is 0 Å². The van der Waals surface area contributed by atoms with Crippen molar-refractivity contribution in [3.63, 3.8) is 0 Å². The fraction of sp³-hybridized carbons (Fsp3) is 0.290.